The Balaban J connectivity index is 1.78. The van der Waals surface area contributed by atoms with Gasteiger partial charge >= 0.3 is 0 Å². The van der Waals surface area contributed by atoms with Crippen molar-refractivity contribution in [3.63, 3.8) is 0 Å². The molecule has 0 aliphatic carbocycles. The Labute approximate surface area is 155 Å². The van der Waals surface area contributed by atoms with Crippen molar-refractivity contribution in [2.45, 2.75) is 53.0 Å². The summed E-state index contributed by atoms with van der Waals surface area (Å²) in [5.41, 5.74) is 0.567. The number of benzene rings is 1. The Morgan fingerprint density at radius 3 is 2.54 bits per heavy atom. The van der Waals surface area contributed by atoms with E-state index in [-0.39, 0.29) is 17.9 Å². The number of rotatable bonds is 6. The standard InChI is InChI=1S/C20H30N2O4/c1-14(15-8-9-16-17(13-15)26-12-6-11-25-16)22-18(23)7-5-10-21-19(24)20(2,3)4/h8-9,13-14H,5-7,10-12H2,1-4H3,(H,21,24)(H,22,23). The highest BCUT2D eigenvalue weighted by Gasteiger charge is 2.20. The average Bonchev–Trinajstić information content (AvgIpc) is 2.82. The van der Waals surface area contributed by atoms with Crippen LogP contribution in [0.2, 0.25) is 0 Å². The summed E-state index contributed by atoms with van der Waals surface area (Å²) < 4.78 is 11.3. The van der Waals surface area contributed by atoms with E-state index in [0.29, 0.717) is 32.6 Å². The van der Waals surface area contributed by atoms with Gasteiger partial charge in [0.1, 0.15) is 0 Å². The van der Waals surface area contributed by atoms with Gasteiger partial charge in [-0.1, -0.05) is 26.8 Å². The van der Waals surface area contributed by atoms with Crippen LogP contribution in [0.1, 0.15) is 58.6 Å². The van der Waals surface area contributed by atoms with Crippen molar-refractivity contribution in [2.75, 3.05) is 19.8 Å². The van der Waals surface area contributed by atoms with Crippen molar-refractivity contribution in [2.24, 2.45) is 5.41 Å². The first-order chi connectivity index (χ1) is 12.3. The smallest absolute Gasteiger partial charge is 0.225 e. The molecule has 1 heterocycles. The molecule has 6 heteroatoms. The van der Waals surface area contributed by atoms with Gasteiger partial charge < -0.3 is 20.1 Å². The average molecular weight is 362 g/mol. The number of ether oxygens (including phenoxy) is 2. The normalized spacial score (nSPS) is 14.9. The number of fused-ring (bicyclic) bond motifs is 1. The lowest BCUT2D eigenvalue weighted by Gasteiger charge is -2.18. The largest absolute Gasteiger partial charge is 0.490 e. The molecule has 0 fully saturated rings. The van der Waals surface area contributed by atoms with Crippen LogP contribution < -0.4 is 20.1 Å². The monoisotopic (exact) mass is 362 g/mol. The predicted molar refractivity (Wildman–Crippen MR) is 100 cm³/mol. The molecule has 0 aromatic heterocycles. The van der Waals surface area contributed by atoms with Crippen molar-refractivity contribution in [3.05, 3.63) is 23.8 Å². The van der Waals surface area contributed by atoms with Gasteiger partial charge in [-0.25, -0.2) is 0 Å². The van der Waals surface area contributed by atoms with E-state index in [1.807, 2.05) is 45.9 Å². The molecule has 26 heavy (non-hydrogen) atoms. The molecule has 1 aromatic rings. The molecule has 2 amide bonds. The first-order valence-corrected chi connectivity index (χ1v) is 9.24. The van der Waals surface area contributed by atoms with E-state index in [4.69, 9.17) is 9.47 Å². The van der Waals surface area contributed by atoms with Gasteiger partial charge in [0.25, 0.3) is 0 Å². The van der Waals surface area contributed by atoms with Gasteiger partial charge in [0.15, 0.2) is 11.5 Å². The molecule has 0 bridgehead atoms. The second-order valence-corrected chi connectivity index (χ2v) is 7.66. The molecule has 0 spiro atoms. The highest BCUT2D eigenvalue weighted by molar-refractivity contribution is 5.81. The summed E-state index contributed by atoms with van der Waals surface area (Å²) >= 11 is 0. The molecule has 1 aromatic carbocycles. The van der Waals surface area contributed by atoms with E-state index in [1.54, 1.807) is 0 Å². The number of carbonyl (C=O) groups is 2. The highest BCUT2D eigenvalue weighted by Crippen LogP contribution is 2.32. The van der Waals surface area contributed by atoms with E-state index >= 15 is 0 Å². The van der Waals surface area contributed by atoms with E-state index in [0.717, 1.165) is 23.5 Å². The van der Waals surface area contributed by atoms with Crippen LogP contribution in [0.4, 0.5) is 0 Å². The molecular weight excluding hydrogens is 332 g/mol. The Hall–Kier alpha value is -2.24. The first kappa shape index (κ1) is 20.1. The molecule has 2 rings (SSSR count). The van der Waals surface area contributed by atoms with Crippen LogP contribution in [-0.2, 0) is 9.59 Å². The fraction of sp³-hybridized carbons (Fsp3) is 0.600. The van der Waals surface area contributed by atoms with Crippen molar-refractivity contribution >= 4 is 11.8 Å². The first-order valence-electron chi connectivity index (χ1n) is 9.24. The summed E-state index contributed by atoms with van der Waals surface area (Å²) in [6.45, 7) is 9.34. The quantitative estimate of drug-likeness (QED) is 0.763. The molecule has 0 saturated heterocycles. The van der Waals surface area contributed by atoms with E-state index < -0.39 is 5.41 Å². The molecule has 6 nitrogen and oxygen atoms in total. The Kier molecular flexibility index (Phi) is 6.89. The zero-order valence-electron chi connectivity index (χ0n) is 16.2. The van der Waals surface area contributed by atoms with Crippen LogP contribution in [0.15, 0.2) is 18.2 Å². The molecule has 1 atom stereocenters. The lowest BCUT2D eigenvalue weighted by molar-refractivity contribution is -0.128. The highest BCUT2D eigenvalue weighted by atomic mass is 16.5. The Morgan fingerprint density at radius 1 is 1.15 bits per heavy atom. The maximum atomic E-state index is 12.1. The number of hydrogen-bond acceptors (Lipinski definition) is 4. The maximum Gasteiger partial charge on any atom is 0.225 e. The van der Waals surface area contributed by atoms with Crippen molar-refractivity contribution in [3.8, 4) is 11.5 Å². The van der Waals surface area contributed by atoms with Gasteiger partial charge in [-0.2, -0.15) is 0 Å². The Bertz CT molecular complexity index is 637. The SMILES string of the molecule is CC(NC(=O)CCCNC(=O)C(C)(C)C)c1ccc2c(c1)OCCCO2. The predicted octanol–water partition coefficient (Wildman–Crippen LogP) is 2.97. The van der Waals surface area contributed by atoms with Crippen molar-refractivity contribution in [1.82, 2.24) is 10.6 Å². The summed E-state index contributed by atoms with van der Waals surface area (Å²) in [7, 11) is 0. The van der Waals surface area contributed by atoms with Crippen LogP contribution in [0, 0.1) is 5.41 Å². The number of amides is 2. The van der Waals surface area contributed by atoms with Crippen LogP contribution >= 0.6 is 0 Å². The van der Waals surface area contributed by atoms with E-state index in [1.165, 1.54) is 0 Å². The molecule has 1 aliphatic heterocycles. The van der Waals surface area contributed by atoms with Crippen LogP contribution in [-0.4, -0.2) is 31.6 Å². The molecular formula is C20H30N2O4. The third-order valence-corrected chi connectivity index (χ3v) is 4.20. The Morgan fingerprint density at radius 2 is 1.85 bits per heavy atom. The molecule has 0 radical (unpaired) electrons. The van der Waals surface area contributed by atoms with Gasteiger partial charge in [0.2, 0.25) is 11.8 Å². The minimum absolute atomic E-state index is 0.00141. The maximum absolute atomic E-state index is 12.1. The second-order valence-electron chi connectivity index (χ2n) is 7.66. The third kappa shape index (κ3) is 5.93. The summed E-state index contributed by atoms with van der Waals surface area (Å²) in [5.74, 6) is 1.44. The summed E-state index contributed by atoms with van der Waals surface area (Å²) in [5, 5.41) is 5.84. The summed E-state index contributed by atoms with van der Waals surface area (Å²) in [6, 6.07) is 5.64. The molecule has 0 saturated carbocycles. The van der Waals surface area contributed by atoms with Crippen LogP contribution in [0.25, 0.3) is 0 Å². The molecule has 1 unspecified atom stereocenters. The minimum atomic E-state index is -0.409. The molecule has 2 N–H and O–H groups in total. The van der Waals surface area contributed by atoms with Gasteiger partial charge in [0, 0.05) is 24.8 Å². The molecule has 1 aliphatic rings. The van der Waals surface area contributed by atoms with Gasteiger partial charge in [-0.05, 0) is 31.0 Å². The molecule has 144 valence electrons. The summed E-state index contributed by atoms with van der Waals surface area (Å²) in [6.07, 6.45) is 1.85. The number of carbonyl (C=O) groups excluding carboxylic acids is 2. The van der Waals surface area contributed by atoms with Crippen molar-refractivity contribution in [1.29, 1.82) is 0 Å². The number of hydrogen-bond donors (Lipinski definition) is 2. The lowest BCUT2D eigenvalue weighted by Crippen LogP contribution is -2.36. The van der Waals surface area contributed by atoms with Gasteiger partial charge in [-0.15, -0.1) is 0 Å². The fourth-order valence-electron chi connectivity index (χ4n) is 2.56. The zero-order valence-corrected chi connectivity index (χ0v) is 16.2. The minimum Gasteiger partial charge on any atom is -0.490 e. The topological polar surface area (TPSA) is 76.7 Å². The number of nitrogens with one attached hydrogen (secondary N) is 2. The zero-order chi connectivity index (χ0) is 19.2. The van der Waals surface area contributed by atoms with Gasteiger partial charge in [-0.3, -0.25) is 9.59 Å². The van der Waals surface area contributed by atoms with Crippen LogP contribution in [0.5, 0.6) is 11.5 Å². The van der Waals surface area contributed by atoms with E-state index in [9.17, 15) is 9.59 Å². The second kappa shape index (κ2) is 8.92. The summed E-state index contributed by atoms with van der Waals surface area (Å²) in [4.78, 5) is 23.9. The van der Waals surface area contributed by atoms with Gasteiger partial charge in [0.05, 0.1) is 19.3 Å². The van der Waals surface area contributed by atoms with E-state index in [2.05, 4.69) is 10.6 Å². The van der Waals surface area contributed by atoms with Crippen LogP contribution in [0.3, 0.4) is 0 Å². The lowest BCUT2D eigenvalue weighted by atomic mass is 9.96. The third-order valence-electron chi connectivity index (χ3n) is 4.20. The van der Waals surface area contributed by atoms with Crippen molar-refractivity contribution < 1.29 is 19.1 Å². The fourth-order valence-corrected chi connectivity index (χ4v) is 2.56.